The molecule has 5 amide bonds. The number of benzene rings is 4. The molecule has 1 unspecified atom stereocenters. The van der Waals surface area contributed by atoms with Crippen molar-refractivity contribution < 1.29 is 51.8 Å². The fourth-order valence-corrected chi connectivity index (χ4v) is 7.10. The molecule has 18 heteroatoms. The molecule has 0 aliphatic heterocycles. The van der Waals surface area contributed by atoms with Gasteiger partial charge in [0.1, 0.15) is 29.3 Å². The molecular weight excluding hydrogens is 807 g/mol. The van der Waals surface area contributed by atoms with E-state index in [0.29, 0.717) is 22.5 Å². The summed E-state index contributed by atoms with van der Waals surface area (Å²) < 4.78 is 43.9. The number of rotatable bonds is 13. The molecule has 5 N–H and O–H groups in total. The van der Waals surface area contributed by atoms with E-state index in [1.54, 1.807) is 77.9 Å². The van der Waals surface area contributed by atoms with E-state index >= 15 is 4.57 Å². The van der Waals surface area contributed by atoms with Crippen LogP contribution >= 0.6 is 7.60 Å². The number of carbonyl (C=O) groups excluding carboxylic acids is 5. The second kappa shape index (κ2) is 20.4. The molecule has 0 radical (unpaired) electrons. The molecule has 0 heterocycles. The summed E-state index contributed by atoms with van der Waals surface area (Å²) in [4.78, 5) is 63.6. The summed E-state index contributed by atoms with van der Waals surface area (Å²) in [5.74, 6) is -2.58. The van der Waals surface area contributed by atoms with Crippen LogP contribution in [0.15, 0.2) is 103 Å². The zero-order valence-electron chi connectivity index (χ0n) is 35.2. The third-order valence-corrected chi connectivity index (χ3v) is 9.74. The zero-order valence-corrected chi connectivity index (χ0v) is 36.1. The highest BCUT2D eigenvalue weighted by Crippen LogP contribution is 2.53. The van der Waals surface area contributed by atoms with Crippen molar-refractivity contribution in [3.8, 4) is 11.5 Å². The van der Waals surface area contributed by atoms with E-state index in [1.165, 1.54) is 74.5 Å². The molecule has 0 aliphatic rings. The minimum absolute atomic E-state index is 0.0658. The van der Waals surface area contributed by atoms with Crippen LogP contribution in [0.2, 0.25) is 0 Å². The topological polar surface area (TPSA) is 224 Å². The van der Waals surface area contributed by atoms with Gasteiger partial charge in [-0.15, -0.1) is 0 Å². The van der Waals surface area contributed by atoms with Crippen molar-refractivity contribution in [2.45, 2.75) is 85.4 Å². The Hall–Kier alpha value is -6.87. The molecule has 0 bridgehead atoms. The van der Waals surface area contributed by atoms with Crippen molar-refractivity contribution in [2.24, 2.45) is 0 Å². The van der Waals surface area contributed by atoms with Crippen LogP contribution in [0.4, 0.5) is 31.4 Å². The molecule has 4 aromatic carbocycles. The summed E-state index contributed by atoms with van der Waals surface area (Å²) in [6.45, 7) is 12.5. The quantitative estimate of drug-likeness (QED) is 0.0369. The maximum Gasteiger partial charge on any atom is 0.453 e. The number of nitrogens with zero attached hydrogens (tertiary/aromatic N) is 1. The second-order valence-corrected chi connectivity index (χ2v) is 17.6. The highest BCUT2D eigenvalue weighted by Gasteiger charge is 2.41. The fraction of sp³-hybridized carbons (Fsp3) is 0.302. The first-order chi connectivity index (χ1) is 28.6. The molecule has 0 fully saturated rings. The molecule has 0 aliphatic carbocycles. The maximum atomic E-state index is 15.3. The van der Waals surface area contributed by atoms with Crippen molar-refractivity contribution in [1.82, 2.24) is 10.6 Å². The van der Waals surface area contributed by atoms with E-state index < -0.39 is 48.8 Å². The predicted octanol–water partition coefficient (Wildman–Crippen LogP) is 8.95. The molecule has 4 rings (SSSR count). The van der Waals surface area contributed by atoms with Crippen LogP contribution in [0.1, 0.15) is 66.5 Å². The predicted molar refractivity (Wildman–Crippen MR) is 230 cm³/mol. The van der Waals surface area contributed by atoms with Crippen LogP contribution < -0.4 is 35.2 Å². The molecule has 324 valence electrons. The van der Waals surface area contributed by atoms with E-state index in [2.05, 4.69) is 21.3 Å². The van der Waals surface area contributed by atoms with E-state index in [-0.39, 0.29) is 42.0 Å². The number of hydrogen-bond acceptors (Lipinski definition) is 12. The zero-order chi connectivity index (χ0) is 45.0. The van der Waals surface area contributed by atoms with Crippen molar-refractivity contribution >= 4 is 60.7 Å². The van der Waals surface area contributed by atoms with Gasteiger partial charge in [-0.25, -0.2) is 23.8 Å². The van der Waals surface area contributed by atoms with Gasteiger partial charge < -0.3 is 39.2 Å². The third-order valence-electron chi connectivity index (χ3n) is 7.74. The lowest BCUT2D eigenvalue weighted by Crippen LogP contribution is -2.49. The highest BCUT2D eigenvalue weighted by atomic mass is 31.2. The fourth-order valence-electron chi connectivity index (χ4n) is 5.28. The monoisotopic (exact) mass is 858 g/mol. The van der Waals surface area contributed by atoms with E-state index in [9.17, 15) is 24.0 Å². The second-order valence-electron chi connectivity index (χ2n) is 15.5. The Morgan fingerprint density at radius 3 is 1.61 bits per heavy atom. The van der Waals surface area contributed by atoms with Crippen molar-refractivity contribution in [2.75, 3.05) is 15.5 Å². The normalized spacial score (nSPS) is 11.8. The number of amides is 5. The van der Waals surface area contributed by atoms with Crippen LogP contribution in [0.25, 0.3) is 0 Å². The number of anilines is 3. The molecule has 61 heavy (non-hydrogen) atoms. The lowest BCUT2D eigenvalue weighted by atomic mass is 10.1. The van der Waals surface area contributed by atoms with E-state index in [0.717, 1.165) is 4.90 Å². The Labute approximate surface area is 354 Å². The number of nitrogens with one attached hydrogen (secondary N) is 5. The van der Waals surface area contributed by atoms with Crippen molar-refractivity contribution in [3.63, 3.8) is 0 Å². The smallest absolute Gasteiger partial charge is 0.445 e. The molecule has 0 saturated carbocycles. The van der Waals surface area contributed by atoms with Crippen LogP contribution in [0, 0.1) is 5.41 Å². The molecule has 0 spiro atoms. The average molecular weight is 859 g/mol. The first-order valence-electron chi connectivity index (χ1n) is 19.0. The molecule has 17 nitrogen and oxygen atoms in total. The molecule has 0 aromatic heterocycles. The van der Waals surface area contributed by atoms with Crippen LogP contribution in [0.3, 0.4) is 0 Å². The van der Waals surface area contributed by atoms with Gasteiger partial charge in [0.25, 0.3) is 0 Å². The molecule has 0 saturated heterocycles. The van der Waals surface area contributed by atoms with Crippen LogP contribution in [-0.2, 0) is 41.4 Å². The number of guanidine groups is 1. The van der Waals surface area contributed by atoms with Gasteiger partial charge in [0.15, 0.2) is 5.78 Å². The van der Waals surface area contributed by atoms with Gasteiger partial charge in [-0.2, -0.15) is 0 Å². The largest absolute Gasteiger partial charge is 0.453 e. The standard InChI is InChI=1S/C43H51N6O11P/c1-28(50)45-32-16-22-35(23-17-32)59-61(55,60-36-24-18-33(19-25-36)46-29(2)51)37(47-39(52)56-27-31-12-10-9-11-13-31)26-30-14-20-34(21-15-30)49(41(54)58-43(6,7)8)38(44)48-40(53)57-42(3,4)5/h9-25,37H,26-27H2,1-8H3,(H,45,50)(H,46,51)(H,47,52)(H2,44,48,53). The highest BCUT2D eigenvalue weighted by molar-refractivity contribution is 7.55. The molecule has 4 aromatic rings. The summed E-state index contributed by atoms with van der Waals surface area (Å²) in [6.07, 6.45) is -3.09. The van der Waals surface area contributed by atoms with E-state index in [4.69, 9.17) is 28.7 Å². The van der Waals surface area contributed by atoms with Gasteiger partial charge in [0, 0.05) is 31.6 Å². The van der Waals surface area contributed by atoms with Gasteiger partial charge in [0.2, 0.25) is 17.8 Å². The average Bonchev–Trinajstić information content (AvgIpc) is 3.14. The summed E-state index contributed by atoms with van der Waals surface area (Å²) in [5, 5.41) is 18.9. The first-order valence-corrected chi connectivity index (χ1v) is 20.6. The summed E-state index contributed by atoms with van der Waals surface area (Å²) in [5.41, 5.74) is 0.282. The number of carbonyl (C=O) groups is 5. The van der Waals surface area contributed by atoms with Gasteiger partial charge in [-0.3, -0.25) is 20.3 Å². The summed E-state index contributed by atoms with van der Waals surface area (Å²) in [7, 11) is -4.56. The Balaban J connectivity index is 1.74. The van der Waals surface area contributed by atoms with Gasteiger partial charge in [-0.05, 0) is 113 Å². The minimum Gasteiger partial charge on any atom is -0.445 e. The van der Waals surface area contributed by atoms with E-state index in [1.807, 2.05) is 6.07 Å². The SMILES string of the molecule is CC(=O)Nc1ccc(OP(=O)(Oc2ccc(NC(C)=O)cc2)C(Cc2ccc(N(C(=N)NC(=O)OC(C)(C)C)C(=O)OC(C)(C)C)cc2)NC(=O)OCc2ccccc2)cc1. The van der Waals surface area contributed by atoms with Crippen LogP contribution in [-0.4, -0.2) is 53.0 Å². The summed E-state index contributed by atoms with van der Waals surface area (Å²) >= 11 is 0. The first kappa shape index (κ1) is 46.8. The van der Waals surface area contributed by atoms with Gasteiger partial charge in [-0.1, -0.05) is 42.5 Å². The third kappa shape index (κ3) is 15.7. The Morgan fingerprint density at radius 1 is 0.656 bits per heavy atom. The lowest BCUT2D eigenvalue weighted by Gasteiger charge is -2.29. The lowest BCUT2D eigenvalue weighted by molar-refractivity contribution is -0.115. The Bertz CT molecular complexity index is 2160. The number of hydrogen-bond donors (Lipinski definition) is 5. The van der Waals surface area contributed by atoms with Gasteiger partial charge >= 0.3 is 25.9 Å². The molecule has 1 atom stereocenters. The summed E-state index contributed by atoms with van der Waals surface area (Å²) in [6, 6.07) is 26.9. The van der Waals surface area contributed by atoms with Crippen LogP contribution in [0.5, 0.6) is 11.5 Å². The maximum absolute atomic E-state index is 15.3. The molecular formula is C43H51N6O11P. The number of alkyl carbamates (subject to hydrolysis) is 2. The number of ether oxygens (including phenoxy) is 3. The van der Waals surface area contributed by atoms with Crippen molar-refractivity contribution in [1.29, 1.82) is 5.41 Å². The Morgan fingerprint density at radius 2 is 1.15 bits per heavy atom. The Kier molecular flexibility index (Phi) is 15.7. The van der Waals surface area contributed by atoms with Crippen molar-refractivity contribution in [3.05, 3.63) is 114 Å². The van der Waals surface area contributed by atoms with Gasteiger partial charge in [0.05, 0.1) is 5.69 Å². The minimum atomic E-state index is -4.56.